The molecule has 0 saturated heterocycles. The van der Waals surface area contributed by atoms with Crippen LogP contribution in [-0.4, -0.2) is 16.7 Å². The average Bonchev–Trinajstić information content (AvgIpc) is 2.54. The quantitative estimate of drug-likeness (QED) is 0.298. The second-order valence-electron chi connectivity index (χ2n) is 4.29. The predicted octanol–water partition coefficient (Wildman–Crippen LogP) is 3.38. The molecule has 2 rings (SSSR count). The van der Waals surface area contributed by atoms with E-state index in [4.69, 9.17) is 33.8 Å². The van der Waals surface area contributed by atoms with Crippen molar-refractivity contribution >= 4 is 40.7 Å². The SMILES string of the molecule is N/C(=N\OC(=O)c1ccc(Cl)c(Cl)c1)c1ccc([N+](=O)[O-])cc1. The number of hydrogen-bond donors (Lipinski definition) is 1. The van der Waals surface area contributed by atoms with Gasteiger partial charge in [0.1, 0.15) is 0 Å². The number of carbonyl (C=O) groups excluding carboxylic acids is 1. The van der Waals surface area contributed by atoms with Gasteiger partial charge in [-0.2, -0.15) is 0 Å². The molecule has 9 heteroatoms. The van der Waals surface area contributed by atoms with Gasteiger partial charge in [0.2, 0.25) is 0 Å². The van der Waals surface area contributed by atoms with Gasteiger partial charge in [0.15, 0.2) is 5.84 Å². The fraction of sp³-hybridized carbons (Fsp3) is 0. The number of nitrogens with zero attached hydrogens (tertiary/aromatic N) is 2. The summed E-state index contributed by atoms with van der Waals surface area (Å²) >= 11 is 11.5. The number of oxime groups is 1. The second kappa shape index (κ2) is 7.08. The zero-order chi connectivity index (χ0) is 17.0. The van der Waals surface area contributed by atoms with Crippen LogP contribution in [0.25, 0.3) is 0 Å². The van der Waals surface area contributed by atoms with Gasteiger partial charge in [-0.15, -0.1) is 0 Å². The van der Waals surface area contributed by atoms with Gasteiger partial charge < -0.3 is 10.6 Å². The number of nitrogens with two attached hydrogens (primary N) is 1. The molecule has 0 atom stereocenters. The maximum Gasteiger partial charge on any atom is 0.365 e. The van der Waals surface area contributed by atoms with Crippen LogP contribution in [0.15, 0.2) is 47.6 Å². The molecule has 2 aromatic carbocycles. The molecule has 0 aliphatic rings. The fourth-order valence-corrected chi connectivity index (χ4v) is 1.87. The molecule has 2 N–H and O–H groups in total. The number of benzene rings is 2. The van der Waals surface area contributed by atoms with Crippen LogP contribution in [0.2, 0.25) is 10.0 Å². The van der Waals surface area contributed by atoms with E-state index in [2.05, 4.69) is 5.16 Å². The zero-order valence-electron chi connectivity index (χ0n) is 11.4. The normalized spacial score (nSPS) is 11.1. The highest BCUT2D eigenvalue weighted by Gasteiger charge is 2.11. The zero-order valence-corrected chi connectivity index (χ0v) is 12.9. The highest BCUT2D eigenvalue weighted by molar-refractivity contribution is 6.42. The third-order valence-corrected chi connectivity index (χ3v) is 3.50. The largest absolute Gasteiger partial charge is 0.380 e. The molecule has 2 aromatic rings. The number of rotatable bonds is 4. The average molecular weight is 354 g/mol. The van der Waals surface area contributed by atoms with Gasteiger partial charge in [-0.25, -0.2) is 4.79 Å². The molecule has 118 valence electrons. The summed E-state index contributed by atoms with van der Waals surface area (Å²) in [5.74, 6) is -0.873. The van der Waals surface area contributed by atoms with E-state index in [0.717, 1.165) is 0 Å². The summed E-state index contributed by atoms with van der Waals surface area (Å²) in [7, 11) is 0. The molecule has 0 aliphatic heterocycles. The Morgan fingerprint density at radius 1 is 1.09 bits per heavy atom. The predicted molar refractivity (Wildman–Crippen MR) is 85.7 cm³/mol. The van der Waals surface area contributed by atoms with Crippen molar-refractivity contribution in [3.8, 4) is 0 Å². The van der Waals surface area contributed by atoms with Crippen LogP contribution in [-0.2, 0) is 4.84 Å². The number of amidine groups is 1. The first-order valence-corrected chi connectivity index (χ1v) is 6.89. The van der Waals surface area contributed by atoms with E-state index in [-0.39, 0.29) is 22.1 Å². The molecule has 0 spiro atoms. The molecule has 0 fully saturated rings. The van der Waals surface area contributed by atoms with Gasteiger partial charge in [-0.05, 0) is 30.3 Å². The van der Waals surface area contributed by atoms with Crippen molar-refractivity contribution in [1.82, 2.24) is 0 Å². The maximum atomic E-state index is 11.8. The molecule has 0 aliphatic carbocycles. The molecule has 0 bridgehead atoms. The number of nitro groups is 1. The summed E-state index contributed by atoms with van der Waals surface area (Å²) in [4.78, 5) is 26.5. The first-order valence-electron chi connectivity index (χ1n) is 6.13. The van der Waals surface area contributed by atoms with Crippen LogP contribution in [0.3, 0.4) is 0 Å². The molecule has 0 heterocycles. The Morgan fingerprint density at radius 3 is 2.26 bits per heavy atom. The molecular formula is C14H9Cl2N3O4. The minimum Gasteiger partial charge on any atom is -0.380 e. The second-order valence-corrected chi connectivity index (χ2v) is 5.10. The van der Waals surface area contributed by atoms with Crippen LogP contribution in [0, 0.1) is 10.1 Å². The summed E-state index contributed by atoms with van der Waals surface area (Å²) in [5.41, 5.74) is 6.09. The number of carbonyl (C=O) groups is 1. The Bertz CT molecular complexity index is 791. The van der Waals surface area contributed by atoms with Crippen LogP contribution < -0.4 is 5.73 Å². The number of hydrogen-bond acceptors (Lipinski definition) is 5. The van der Waals surface area contributed by atoms with E-state index in [1.165, 1.54) is 42.5 Å². The molecule has 0 aromatic heterocycles. The lowest BCUT2D eigenvalue weighted by Gasteiger charge is -2.02. The first kappa shape index (κ1) is 16.7. The minimum absolute atomic E-state index is 0.0886. The van der Waals surface area contributed by atoms with E-state index in [1.54, 1.807) is 0 Å². The Hall–Kier alpha value is -2.64. The highest BCUT2D eigenvalue weighted by atomic mass is 35.5. The Labute approximate surface area is 140 Å². The Morgan fingerprint density at radius 2 is 1.70 bits per heavy atom. The summed E-state index contributed by atoms with van der Waals surface area (Å²) in [5, 5.41) is 14.6. The van der Waals surface area contributed by atoms with Crippen LogP contribution in [0.1, 0.15) is 15.9 Å². The van der Waals surface area contributed by atoms with Gasteiger partial charge in [0, 0.05) is 17.7 Å². The van der Waals surface area contributed by atoms with Crippen molar-refractivity contribution in [2.75, 3.05) is 0 Å². The minimum atomic E-state index is -0.770. The van der Waals surface area contributed by atoms with Gasteiger partial charge in [0.05, 0.1) is 20.5 Å². The van der Waals surface area contributed by atoms with Crippen molar-refractivity contribution in [3.05, 3.63) is 73.8 Å². The smallest absolute Gasteiger partial charge is 0.365 e. The maximum absolute atomic E-state index is 11.8. The molecule has 23 heavy (non-hydrogen) atoms. The van der Waals surface area contributed by atoms with E-state index >= 15 is 0 Å². The fourth-order valence-electron chi connectivity index (χ4n) is 1.57. The van der Waals surface area contributed by atoms with Crippen molar-refractivity contribution in [2.24, 2.45) is 10.9 Å². The lowest BCUT2D eigenvalue weighted by atomic mass is 10.2. The van der Waals surface area contributed by atoms with Gasteiger partial charge in [0.25, 0.3) is 5.69 Å². The van der Waals surface area contributed by atoms with Crippen molar-refractivity contribution < 1.29 is 14.6 Å². The molecule has 7 nitrogen and oxygen atoms in total. The summed E-state index contributed by atoms with van der Waals surface area (Å²) < 4.78 is 0. The number of nitro benzene ring substituents is 1. The van der Waals surface area contributed by atoms with Crippen LogP contribution in [0.5, 0.6) is 0 Å². The topological polar surface area (TPSA) is 108 Å². The molecular weight excluding hydrogens is 345 g/mol. The highest BCUT2D eigenvalue weighted by Crippen LogP contribution is 2.23. The summed E-state index contributed by atoms with van der Waals surface area (Å²) in [6.07, 6.45) is 0. The summed E-state index contributed by atoms with van der Waals surface area (Å²) in [6, 6.07) is 9.52. The molecule has 0 saturated carbocycles. The number of non-ortho nitro benzene ring substituents is 1. The van der Waals surface area contributed by atoms with E-state index in [1.807, 2.05) is 0 Å². The van der Waals surface area contributed by atoms with E-state index < -0.39 is 10.9 Å². The Kier molecular flexibility index (Phi) is 5.15. The molecule has 0 radical (unpaired) electrons. The van der Waals surface area contributed by atoms with Gasteiger partial charge in [-0.1, -0.05) is 28.4 Å². The lowest BCUT2D eigenvalue weighted by molar-refractivity contribution is -0.384. The third kappa shape index (κ3) is 4.18. The lowest BCUT2D eigenvalue weighted by Crippen LogP contribution is -2.15. The summed E-state index contributed by atoms with van der Waals surface area (Å²) in [6.45, 7) is 0. The molecule has 0 unspecified atom stereocenters. The van der Waals surface area contributed by atoms with Crippen LogP contribution >= 0.6 is 23.2 Å². The first-order chi connectivity index (χ1) is 10.9. The Balaban J connectivity index is 2.10. The number of halogens is 2. The van der Waals surface area contributed by atoms with Gasteiger partial charge >= 0.3 is 5.97 Å². The van der Waals surface area contributed by atoms with E-state index in [9.17, 15) is 14.9 Å². The monoisotopic (exact) mass is 353 g/mol. The van der Waals surface area contributed by atoms with Crippen molar-refractivity contribution in [3.63, 3.8) is 0 Å². The molecule has 0 amide bonds. The standard InChI is InChI=1S/C14H9Cl2N3O4/c15-11-6-3-9(7-12(11)16)14(20)23-18-13(17)8-1-4-10(5-2-8)19(21)22/h1-7H,(H2,17,18). The van der Waals surface area contributed by atoms with Crippen LogP contribution in [0.4, 0.5) is 5.69 Å². The third-order valence-electron chi connectivity index (χ3n) is 2.76. The van der Waals surface area contributed by atoms with Crippen molar-refractivity contribution in [2.45, 2.75) is 0 Å². The van der Waals surface area contributed by atoms with Gasteiger partial charge in [-0.3, -0.25) is 10.1 Å². The van der Waals surface area contributed by atoms with E-state index in [0.29, 0.717) is 10.6 Å². The van der Waals surface area contributed by atoms with Crippen molar-refractivity contribution in [1.29, 1.82) is 0 Å².